The zero-order valence-corrected chi connectivity index (χ0v) is 29.7. The predicted molar refractivity (Wildman–Crippen MR) is 171 cm³/mol. The molecule has 2 aromatic rings. The molecule has 0 radical (unpaired) electrons. The summed E-state index contributed by atoms with van der Waals surface area (Å²) >= 11 is 0. The summed E-state index contributed by atoms with van der Waals surface area (Å²) in [4.78, 5) is 49.0. The van der Waals surface area contributed by atoms with E-state index in [9.17, 15) is 40.7 Å². The van der Waals surface area contributed by atoms with Crippen LogP contribution in [0.15, 0.2) is 22.7 Å². The number of nitrogens with zero attached hydrogens (tertiary/aromatic N) is 5. The highest BCUT2D eigenvalue weighted by Crippen LogP contribution is 2.43. The molecule has 0 unspecified atom stereocenters. The number of halogens is 6. The molecule has 3 aliphatic heterocycles. The second kappa shape index (κ2) is 14.4. The van der Waals surface area contributed by atoms with Crippen LogP contribution >= 0.6 is 0 Å². The van der Waals surface area contributed by atoms with Gasteiger partial charge in [-0.25, -0.2) is 9.59 Å². The van der Waals surface area contributed by atoms with Crippen LogP contribution in [0, 0.1) is 11.3 Å². The minimum atomic E-state index is -5.00. The smallest absolute Gasteiger partial charge is 0.419 e. The number of piperidine rings is 1. The van der Waals surface area contributed by atoms with Crippen LogP contribution < -0.4 is 4.74 Å². The fraction of sp³-hybridized carbons (Fsp3) is 0.676. The van der Waals surface area contributed by atoms with E-state index in [-0.39, 0.29) is 55.7 Å². The topological polar surface area (TPSA) is 128 Å². The zero-order chi connectivity index (χ0) is 38.3. The van der Waals surface area contributed by atoms with Gasteiger partial charge in [-0.1, -0.05) is 5.16 Å². The highest BCUT2D eigenvalue weighted by molar-refractivity contribution is 6.07. The molecule has 12 nitrogen and oxygen atoms in total. The van der Waals surface area contributed by atoms with Crippen molar-refractivity contribution >= 4 is 18.0 Å². The number of benzene rings is 1. The molecule has 0 saturated carbocycles. The van der Waals surface area contributed by atoms with Crippen molar-refractivity contribution in [1.29, 1.82) is 0 Å². The number of ether oxygens (including phenoxy) is 3. The minimum Gasteiger partial charge on any atom is -0.492 e. The van der Waals surface area contributed by atoms with E-state index < -0.39 is 71.4 Å². The first-order valence-corrected chi connectivity index (χ1v) is 17.0. The lowest BCUT2D eigenvalue weighted by atomic mass is 9.85. The summed E-state index contributed by atoms with van der Waals surface area (Å²) in [6.07, 6.45) is -7.67. The molecular formula is C34H43F6N5O7. The van der Waals surface area contributed by atoms with Crippen LogP contribution in [-0.4, -0.2) is 99.6 Å². The van der Waals surface area contributed by atoms with E-state index in [4.69, 9.17) is 18.7 Å². The van der Waals surface area contributed by atoms with Gasteiger partial charge >= 0.3 is 24.5 Å². The Kier molecular flexibility index (Phi) is 10.8. The standard InChI is InChI=1S/C34H43F6N5O7/c1-30(2,3)51-29(48)43-14-11-32(12-15-43)27(46)44(28(47)45(32)13-8-21-9-16-49-17-10-21)19-25-41-26(42-52-25)22-6-7-24(23(18-22)33(35,36)37)50-20-31(4,5)34(38,39)40/h6-7,18,21H,8-17,19-20H2,1-5H3. The third-order valence-electron chi connectivity index (χ3n) is 9.63. The molecular weight excluding hydrogens is 704 g/mol. The lowest BCUT2D eigenvalue weighted by molar-refractivity contribution is -0.219. The van der Waals surface area contributed by atoms with Crippen molar-refractivity contribution < 1.29 is 59.5 Å². The number of aromatic nitrogens is 2. The van der Waals surface area contributed by atoms with Gasteiger partial charge in [0.15, 0.2) is 0 Å². The molecule has 1 spiro atoms. The first kappa shape index (κ1) is 39.1. The summed E-state index contributed by atoms with van der Waals surface area (Å²) in [5, 5.41) is 3.75. The molecule has 0 bridgehead atoms. The SMILES string of the molecule is CC(C)(C)OC(=O)N1CCC2(CC1)C(=O)N(Cc1nc(-c3ccc(OCC(C)(C)C(F)(F)F)c(C(F)(F)F)c3)no1)C(=O)N2CCC1CCOCC1. The summed E-state index contributed by atoms with van der Waals surface area (Å²) in [5.74, 6) is -1.58. The molecule has 5 rings (SSSR count). The number of carbonyl (C=O) groups is 3. The van der Waals surface area contributed by atoms with Gasteiger partial charge in [0.1, 0.15) is 30.0 Å². The number of imide groups is 1. The predicted octanol–water partition coefficient (Wildman–Crippen LogP) is 7.07. The first-order valence-electron chi connectivity index (χ1n) is 17.0. The minimum absolute atomic E-state index is 0.158. The third kappa shape index (κ3) is 8.41. The lowest BCUT2D eigenvalue weighted by Crippen LogP contribution is -2.58. The van der Waals surface area contributed by atoms with Gasteiger partial charge in [-0.2, -0.15) is 31.3 Å². The maximum Gasteiger partial charge on any atom is 0.419 e. The average molecular weight is 748 g/mol. The Morgan fingerprint density at radius 3 is 2.25 bits per heavy atom. The van der Waals surface area contributed by atoms with Crippen molar-refractivity contribution in [1.82, 2.24) is 24.8 Å². The number of amides is 4. The fourth-order valence-electron chi connectivity index (χ4n) is 6.38. The van der Waals surface area contributed by atoms with Crippen molar-refractivity contribution in [2.24, 2.45) is 11.3 Å². The summed E-state index contributed by atoms with van der Waals surface area (Å²) in [6.45, 7) is 7.16. The van der Waals surface area contributed by atoms with Gasteiger partial charge in [-0.3, -0.25) is 9.69 Å². The Hall–Kier alpha value is -4.09. The van der Waals surface area contributed by atoms with Gasteiger partial charge < -0.3 is 28.5 Å². The van der Waals surface area contributed by atoms with E-state index in [2.05, 4.69) is 10.1 Å². The quantitative estimate of drug-likeness (QED) is 0.196. The van der Waals surface area contributed by atoms with Gasteiger partial charge in [0.05, 0.1) is 11.0 Å². The second-order valence-corrected chi connectivity index (χ2v) is 15.1. The van der Waals surface area contributed by atoms with Gasteiger partial charge in [-0.05, 0) is 90.8 Å². The molecule has 4 heterocycles. The fourth-order valence-corrected chi connectivity index (χ4v) is 6.38. The van der Waals surface area contributed by atoms with E-state index in [1.165, 1.54) is 4.90 Å². The normalized spacial score (nSPS) is 19.2. The van der Waals surface area contributed by atoms with Crippen LogP contribution in [-0.2, 0) is 27.0 Å². The van der Waals surface area contributed by atoms with Crippen LogP contribution in [0.4, 0.5) is 35.9 Å². The summed E-state index contributed by atoms with van der Waals surface area (Å²) in [6, 6.07) is 2.04. The average Bonchev–Trinajstić information content (AvgIpc) is 3.59. The van der Waals surface area contributed by atoms with E-state index in [1.807, 2.05) is 0 Å². The van der Waals surface area contributed by atoms with Crippen molar-refractivity contribution in [3.05, 3.63) is 29.7 Å². The van der Waals surface area contributed by atoms with Gasteiger partial charge in [0, 0.05) is 38.4 Å². The number of hydrogen-bond donors (Lipinski definition) is 0. The van der Waals surface area contributed by atoms with Crippen molar-refractivity contribution in [3.63, 3.8) is 0 Å². The molecule has 0 N–H and O–H groups in total. The van der Waals surface area contributed by atoms with Crippen LogP contribution in [0.3, 0.4) is 0 Å². The Labute approximate surface area is 296 Å². The second-order valence-electron chi connectivity index (χ2n) is 15.1. The molecule has 1 aromatic carbocycles. The van der Waals surface area contributed by atoms with Crippen molar-refractivity contribution in [3.8, 4) is 17.1 Å². The molecule has 3 aliphatic rings. The van der Waals surface area contributed by atoms with E-state index in [0.717, 1.165) is 43.7 Å². The van der Waals surface area contributed by atoms with Gasteiger partial charge in [-0.15, -0.1) is 0 Å². The Bertz CT molecular complexity index is 1620. The number of urea groups is 1. The molecule has 0 atom stereocenters. The molecule has 3 fully saturated rings. The Morgan fingerprint density at radius 1 is 1.00 bits per heavy atom. The number of alkyl halides is 6. The van der Waals surface area contributed by atoms with E-state index in [0.29, 0.717) is 25.7 Å². The van der Waals surface area contributed by atoms with Gasteiger partial charge in [0.2, 0.25) is 11.7 Å². The highest BCUT2D eigenvalue weighted by atomic mass is 19.4. The van der Waals surface area contributed by atoms with E-state index >= 15 is 0 Å². The third-order valence-corrected chi connectivity index (χ3v) is 9.63. The lowest BCUT2D eigenvalue weighted by Gasteiger charge is -2.42. The van der Waals surface area contributed by atoms with Crippen molar-refractivity contribution in [2.75, 3.05) is 39.5 Å². The van der Waals surface area contributed by atoms with Crippen LogP contribution in [0.5, 0.6) is 5.75 Å². The zero-order valence-electron chi connectivity index (χ0n) is 29.7. The van der Waals surface area contributed by atoms with Crippen LogP contribution in [0.25, 0.3) is 11.4 Å². The molecule has 0 aliphatic carbocycles. The monoisotopic (exact) mass is 747 g/mol. The first-order chi connectivity index (χ1) is 24.1. The molecule has 288 valence electrons. The molecule has 4 amide bonds. The summed E-state index contributed by atoms with van der Waals surface area (Å²) in [7, 11) is 0. The van der Waals surface area contributed by atoms with Crippen LogP contribution in [0.2, 0.25) is 0 Å². The molecule has 1 aromatic heterocycles. The number of hydrogen-bond acceptors (Lipinski definition) is 9. The van der Waals surface area contributed by atoms with Crippen molar-refractivity contribution in [2.45, 2.75) is 96.8 Å². The maximum atomic E-state index is 14.1. The van der Waals surface area contributed by atoms with Gasteiger partial charge in [0.25, 0.3) is 5.91 Å². The largest absolute Gasteiger partial charge is 0.492 e. The molecule has 52 heavy (non-hydrogen) atoms. The number of rotatable bonds is 9. The van der Waals surface area contributed by atoms with Crippen LogP contribution in [0.1, 0.15) is 78.2 Å². The van der Waals surface area contributed by atoms with E-state index in [1.54, 1.807) is 25.7 Å². The Morgan fingerprint density at radius 2 is 1.65 bits per heavy atom. The number of carbonyl (C=O) groups excluding carboxylic acids is 3. The Balaban J connectivity index is 1.35. The number of likely N-dealkylation sites (tertiary alicyclic amines) is 1. The summed E-state index contributed by atoms with van der Waals surface area (Å²) in [5.41, 5.74) is -5.93. The highest BCUT2D eigenvalue weighted by Gasteiger charge is 2.58. The molecule has 3 saturated heterocycles. The maximum absolute atomic E-state index is 14.1. The summed E-state index contributed by atoms with van der Waals surface area (Å²) < 4.78 is 103. The molecule has 18 heteroatoms.